The summed E-state index contributed by atoms with van der Waals surface area (Å²) >= 11 is 0. The first-order valence-electron chi connectivity index (χ1n) is 6.78. The molecule has 6 nitrogen and oxygen atoms in total. The van der Waals surface area contributed by atoms with Gasteiger partial charge in [-0.05, 0) is 30.3 Å². The van der Waals surface area contributed by atoms with E-state index in [1.54, 1.807) is 4.68 Å². The minimum Gasteiger partial charge on any atom is -0.399 e. The van der Waals surface area contributed by atoms with E-state index in [2.05, 4.69) is 15.6 Å². The smallest absolute Gasteiger partial charge is 0.221 e. The molecule has 0 bridgehead atoms. The average Bonchev–Trinajstić information content (AvgIpc) is 2.97. The lowest BCUT2D eigenvalue weighted by Gasteiger charge is -2.03. The van der Waals surface area contributed by atoms with E-state index in [1.165, 1.54) is 6.92 Å². The molecule has 110 valence electrons. The zero-order valence-electron chi connectivity index (χ0n) is 12.0. The first-order valence-corrected chi connectivity index (χ1v) is 6.78. The molecule has 0 fully saturated rings. The molecule has 1 amide bonds. The van der Waals surface area contributed by atoms with Crippen LogP contribution in [0.2, 0.25) is 0 Å². The Balaban J connectivity index is 1.92. The molecule has 0 aliphatic carbocycles. The molecule has 0 radical (unpaired) electrons. The molecule has 2 aromatic carbocycles. The summed E-state index contributed by atoms with van der Waals surface area (Å²) in [6.45, 7) is 1.47. The fourth-order valence-corrected chi connectivity index (χ4v) is 2.15. The molecule has 0 saturated heterocycles. The van der Waals surface area contributed by atoms with Gasteiger partial charge in [0.1, 0.15) is 5.69 Å². The highest BCUT2D eigenvalue weighted by Gasteiger charge is 2.07. The van der Waals surface area contributed by atoms with Gasteiger partial charge in [-0.3, -0.25) is 4.79 Å². The molecule has 1 heterocycles. The normalized spacial score (nSPS) is 10.4. The Kier molecular flexibility index (Phi) is 3.57. The number of hydrogen-bond acceptors (Lipinski definition) is 4. The summed E-state index contributed by atoms with van der Waals surface area (Å²) in [7, 11) is 0. The van der Waals surface area contributed by atoms with Crippen LogP contribution in [0.4, 0.5) is 11.4 Å². The lowest BCUT2D eigenvalue weighted by molar-refractivity contribution is -0.114. The Hall–Kier alpha value is -3.15. The van der Waals surface area contributed by atoms with Crippen LogP contribution < -0.4 is 11.1 Å². The summed E-state index contributed by atoms with van der Waals surface area (Å²) < 4.78 is 1.66. The van der Waals surface area contributed by atoms with Crippen LogP contribution in [0.25, 0.3) is 16.9 Å². The van der Waals surface area contributed by atoms with Gasteiger partial charge >= 0.3 is 0 Å². The Labute approximate surface area is 127 Å². The number of benzene rings is 2. The number of aromatic nitrogens is 3. The third-order valence-corrected chi connectivity index (χ3v) is 3.11. The SMILES string of the molecule is CC(=O)Nc1cccc(-c2cn(-c3cccc(N)c3)nn2)c1. The number of amides is 1. The van der Waals surface area contributed by atoms with Gasteiger partial charge in [0.2, 0.25) is 5.91 Å². The first-order chi connectivity index (χ1) is 10.6. The summed E-state index contributed by atoms with van der Waals surface area (Å²) in [4.78, 5) is 11.1. The van der Waals surface area contributed by atoms with Crippen molar-refractivity contribution in [2.75, 3.05) is 11.1 Å². The van der Waals surface area contributed by atoms with Gasteiger partial charge in [0, 0.05) is 23.9 Å². The summed E-state index contributed by atoms with van der Waals surface area (Å²) in [6.07, 6.45) is 1.82. The number of nitrogen functional groups attached to an aromatic ring is 1. The van der Waals surface area contributed by atoms with Crippen molar-refractivity contribution in [1.82, 2.24) is 15.0 Å². The highest BCUT2D eigenvalue weighted by molar-refractivity contribution is 5.89. The molecule has 0 spiro atoms. The van der Waals surface area contributed by atoms with Crippen molar-refractivity contribution in [2.24, 2.45) is 0 Å². The highest BCUT2D eigenvalue weighted by atomic mass is 16.1. The second kappa shape index (κ2) is 5.69. The van der Waals surface area contributed by atoms with E-state index in [-0.39, 0.29) is 5.91 Å². The quantitative estimate of drug-likeness (QED) is 0.726. The molecule has 22 heavy (non-hydrogen) atoms. The Bertz CT molecular complexity index is 825. The van der Waals surface area contributed by atoms with E-state index in [0.717, 1.165) is 22.6 Å². The summed E-state index contributed by atoms with van der Waals surface area (Å²) in [5.41, 5.74) is 9.61. The van der Waals surface area contributed by atoms with Gasteiger partial charge in [-0.1, -0.05) is 23.4 Å². The van der Waals surface area contributed by atoms with Crippen LogP contribution in [0.5, 0.6) is 0 Å². The second-order valence-corrected chi connectivity index (χ2v) is 4.91. The topological polar surface area (TPSA) is 85.8 Å². The number of nitrogens with zero attached hydrogens (tertiary/aromatic N) is 3. The maximum Gasteiger partial charge on any atom is 0.221 e. The van der Waals surface area contributed by atoms with E-state index in [4.69, 9.17) is 5.73 Å². The summed E-state index contributed by atoms with van der Waals surface area (Å²) in [5, 5.41) is 11.0. The number of rotatable bonds is 3. The molecule has 3 aromatic rings. The fraction of sp³-hybridized carbons (Fsp3) is 0.0625. The van der Waals surface area contributed by atoms with Crippen molar-refractivity contribution in [3.63, 3.8) is 0 Å². The van der Waals surface area contributed by atoms with Gasteiger partial charge in [-0.15, -0.1) is 5.10 Å². The molecule has 3 N–H and O–H groups in total. The van der Waals surface area contributed by atoms with Gasteiger partial charge in [0.15, 0.2) is 0 Å². The van der Waals surface area contributed by atoms with Crippen LogP contribution in [0, 0.1) is 0 Å². The van der Waals surface area contributed by atoms with E-state index in [9.17, 15) is 4.79 Å². The standard InChI is InChI=1S/C16H15N5O/c1-11(22)18-14-6-2-4-12(8-14)16-10-21(20-19-16)15-7-3-5-13(17)9-15/h2-10H,17H2,1H3,(H,18,22). The van der Waals surface area contributed by atoms with Crippen molar-refractivity contribution < 1.29 is 4.79 Å². The lowest BCUT2D eigenvalue weighted by atomic mass is 10.1. The predicted octanol–water partition coefficient (Wildman–Crippen LogP) is 2.47. The number of carbonyl (C=O) groups is 1. The zero-order chi connectivity index (χ0) is 15.5. The Morgan fingerprint density at radius 1 is 1.18 bits per heavy atom. The maximum absolute atomic E-state index is 11.1. The van der Waals surface area contributed by atoms with Crippen LogP contribution in [-0.4, -0.2) is 20.9 Å². The molecule has 0 unspecified atom stereocenters. The number of anilines is 2. The van der Waals surface area contributed by atoms with Crippen LogP contribution in [0.1, 0.15) is 6.92 Å². The molecule has 1 aromatic heterocycles. The van der Waals surface area contributed by atoms with Crippen LogP contribution in [-0.2, 0) is 4.79 Å². The third-order valence-electron chi connectivity index (χ3n) is 3.11. The van der Waals surface area contributed by atoms with Gasteiger partial charge in [-0.25, -0.2) is 4.68 Å². The first kappa shape index (κ1) is 13.8. The predicted molar refractivity (Wildman–Crippen MR) is 85.5 cm³/mol. The van der Waals surface area contributed by atoms with Crippen LogP contribution in [0.3, 0.4) is 0 Å². The summed E-state index contributed by atoms with van der Waals surface area (Å²) in [5.74, 6) is -0.111. The van der Waals surface area contributed by atoms with Crippen LogP contribution in [0.15, 0.2) is 54.7 Å². The Morgan fingerprint density at radius 3 is 2.77 bits per heavy atom. The van der Waals surface area contributed by atoms with Gasteiger partial charge in [0.25, 0.3) is 0 Å². The largest absolute Gasteiger partial charge is 0.399 e. The minimum absolute atomic E-state index is 0.111. The van der Waals surface area contributed by atoms with Crippen molar-refractivity contribution in [3.05, 3.63) is 54.7 Å². The highest BCUT2D eigenvalue weighted by Crippen LogP contribution is 2.21. The monoisotopic (exact) mass is 293 g/mol. The van der Waals surface area contributed by atoms with E-state index in [0.29, 0.717) is 5.69 Å². The van der Waals surface area contributed by atoms with E-state index >= 15 is 0 Å². The van der Waals surface area contributed by atoms with Crippen molar-refractivity contribution in [3.8, 4) is 16.9 Å². The lowest BCUT2D eigenvalue weighted by Crippen LogP contribution is -2.05. The van der Waals surface area contributed by atoms with Crippen molar-refractivity contribution in [1.29, 1.82) is 0 Å². The molecular weight excluding hydrogens is 278 g/mol. The van der Waals surface area contributed by atoms with E-state index in [1.807, 2.05) is 54.7 Å². The molecule has 0 saturated carbocycles. The summed E-state index contributed by atoms with van der Waals surface area (Å²) in [6, 6.07) is 14.9. The minimum atomic E-state index is -0.111. The van der Waals surface area contributed by atoms with E-state index < -0.39 is 0 Å². The maximum atomic E-state index is 11.1. The second-order valence-electron chi connectivity index (χ2n) is 4.91. The van der Waals surface area contributed by atoms with Gasteiger partial charge in [0.05, 0.1) is 11.9 Å². The molecule has 6 heteroatoms. The molecular formula is C16H15N5O. The molecule has 0 aliphatic heterocycles. The molecule has 3 rings (SSSR count). The van der Waals surface area contributed by atoms with Gasteiger partial charge < -0.3 is 11.1 Å². The number of nitrogens with one attached hydrogen (secondary N) is 1. The molecule has 0 atom stereocenters. The number of nitrogens with two attached hydrogens (primary N) is 1. The van der Waals surface area contributed by atoms with Gasteiger partial charge in [-0.2, -0.15) is 0 Å². The third kappa shape index (κ3) is 2.95. The fourth-order valence-electron chi connectivity index (χ4n) is 2.15. The molecule has 0 aliphatic rings. The number of carbonyl (C=O) groups excluding carboxylic acids is 1. The van der Waals surface area contributed by atoms with Crippen LogP contribution >= 0.6 is 0 Å². The zero-order valence-corrected chi connectivity index (χ0v) is 12.0. The van der Waals surface area contributed by atoms with Crippen molar-refractivity contribution >= 4 is 17.3 Å². The number of hydrogen-bond donors (Lipinski definition) is 2. The average molecular weight is 293 g/mol. The van der Waals surface area contributed by atoms with Crippen molar-refractivity contribution in [2.45, 2.75) is 6.92 Å². The Morgan fingerprint density at radius 2 is 2.00 bits per heavy atom.